The Morgan fingerprint density at radius 1 is 0.880 bits per heavy atom. The zero-order chi connectivity index (χ0) is 17.2. The maximum atomic E-state index is 6.61. The molecule has 2 aliphatic rings. The highest BCUT2D eigenvalue weighted by atomic mass is 28.2. The van der Waals surface area contributed by atoms with Gasteiger partial charge in [0.25, 0.3) is 0 Å². The molecule has 2 aliphatic heterocycles. The molecule has 25 heavy (non-hydrogen) atoms. The summed E-state index contributed by atoms with van der Waals surface area (Å²) in [5.41, 5.74) is 1.51. The van der Waals surface area contributed by atoms with Gasteiger partial charge in [0, 0.05) is 23.5 Å². The van der Waals surface area contributed by atoms with Crippen LogP contribution in [0.1, 0.15) is 44.1 Å². The molecular weight excluding hydrogens is 340 g/mol. The van der Waals surface area contributed by atoms with Crippen molar-refractivity contribution < 1.29 is 9.47 Å². The molecule has 2 aromatic rings. The van der Waals surface area contributed by atoms with Gasteiger partial charge < -0.3 is 9.47 Å². The van der Waals surface area contributed by atoms with E-state index in [1.807, 2.05) is 0 Å². The molecule has 0 spiro atoms. The molecule has 0 aliphatic carbocycles. The third-order valence-corrected chi connectivity index (χ3v) is 11.8. The van der Waals surface area contributed by atoms with Gasteiger partial charge in [0.2, 0.25) is 0 Å². The Kier molecular flexibility index (Phi) is 5.14. The number of ether oxygens (including phenoxy) is 2. The first kappa shape index (κ1) is 17.5. The Balaban J connectivity index is 1.61. The highest BCUT2D eigenvalue weighted by molar-refractivity contribution is 6.43. The number of hydrogen-bond donors (Lipinski definition) is 0. The average molecular weight is 371 g/mol. The maximum Gasteiger partial charge on any atom is 0.0764 e. The van der Waals surface area contributed by atoms with E-state index < -0.39 is 9.52 Å². The molecule has 0 amide bonds. The standard InChI is InChI=1S/C21H30O2Si2/c24-20(12-3-5-14-22-20)21(13-4-6-15-23-21)25-16-18-10-7-9-17-8-1-2-11-19(17)18/h1-2,7-11H,3-6,12-16,25H2,24H3. The summed E-state index contributed by atoms with van der Waals surface area (Å²) in [5, 5.41) is 2.94. The van der Waals surface area contributed by atoms with Crippen molar-refractivity contribution >= 4 is 30.5 Å². The molecule has 2 heterocycles. The zero-order valence-corrected chi connectivity index (χ0v) is 18.8. The van der Waals surface area contributed by atoms with Crippen LogP contribution in [0.2, 0.25) is 0 Å². The summed E-state index contributed by atoms with van der Waals surface area (Å²) in [6.07, 6.45) is 7.54. The van der Waals surface area contributed by atoms with Crippen LogP contribution in [-0.2, 0) is 15.5 Å². The van der Waals surface area contributed by atoms with E-state index in [2.05, 4.69) is 42.5 Å². The summed E-state index contributed by atoms with van der Waals surface area (Å²) in [5.74, 6) is 0. The molecule has 0 saturated carbocycles. The van der Waals surface area contributed by atoms with Crippen LogP contribution in [0.15, 0.2) is 42.5 Å². The highest BCUT2D eigenvalue weighted by Crippen LogP contribution is 2.40. The molecule has 134 valence electrons. The first-order valence-electron chi connectivity index (χ1n) is 9.97. The van der Waals surface area contributed by atoms with Gasteiger partial charge in [0.15, 0.2) is 0 Å². The summed E-state index contributed by atoms with van der Waals surface area (Å²) in [6.45, 7) is 1.88. The van der Waals surface area contributed by atoms with E-state index in [1.165, 1.54) is 60.9 Å². The zero-order valence-electron chi connectivity index (χ0n) is 15.4. The molecule has 0 radical (unpaired) electrons. The topological polar surface area (TPSA) is 18.5 Å². The molecule has 2 nitrogen and oxygen atoms in total. The fourth-order valence-electron chi connectivity index (χ4n) is 4.87. The van der Waals surface area contributed by atoms with E-state index in [4.69, 9.17) is 9.47 Å². The van der Waals surface area contributed by atoms with Crippen LogP contribution in [0, 0.1) is 0 Å². The molecule has 2 fully saturated rings. The first-order chi connectivity index (χ1) is 12.2. The Bertz CT molecular complexity index is 713. The van der Waals surface area contributed by atoms with Gasteiger partial charge in [0.1, 0.15) is 0 Å². The molecular formula is C21H30O2Si2. The molecule has 0 aromatic heterocycles. The number of rotatable bonds is 4. The lowest BCUT2D eigenvalue weighted by atomic mass is 9.96. The number of benzene rings is 2. The second kappa shape index (κ2) is 7.35. The van der Waals surface area contributed by atoms with Crippen molar-refractivity contribution in [2.75, 3.05) is 13.2 Å². The molecule has 2 unspecified atom stereocenters. The fourth-order valence-corrected chi connectivity index (χ4v) is 9.28. The molecule has 2 atom stereocenters. The van der Waals surface area contributed by atoms with Crippen LogP contribution in [0.3, 0.4) is 0 Å². The Hall–Kier alpha value is -0.946. The third kappa shape index (κ3) is 3.37. The van der Waals surface area contributed by atoms with E-state index in [0.29, 0.717) is 0 Å². The first-order valence-corrected chi connectivity index (χ1v) is 12.7. The minimum Gasteiger partial charge on any atom is -0.377 e. The van der Waals surface area contributed by atoms with E-state index >= 15 is 0 Å². The molecule has 4 heteroatoms. The van der Waals surface area contributed by atoms with Crippen molar-refractivity contribution in [2.24, 2.45) is 0 Å². The van der Waals surface area contributed by atoms with Gasteiger partial charge >= 0.3 is 0 Å². The Labute approximate surface area is 156 Å². The summed E-state index contributed by atoms with van der Waals surface area (Å²) < 4.78 is 13.1. The maximum absolute atomic E-state index is 6.61. The van der Waals surface area contributed by atoms with Gasteiger partial charge in [-0.05, 0) is 60.9 Å². The molecule has 0 N–H and O–H groups in total. The van der Waals surface area contributed by atoms with Crippen LogP contribution in [0.5, 0.6) is 0 Å². The van der Waals surface area contributed by atoms with Gasteiger partial charge in [-0.1, -0.05) is 42.5 Å². The summed E-state index contributed by atoms with van der Waals surface area (Å²) in [4.78, 5) is 0. The molecule has 4 rings (SSSR count). The van der Waals surface area contributed by atoms with Gasteiger partial charge in [0.05, 0.1) is 20.0 Å². The summed E-state index contributed by atoms with van der Waals surface area (Å²) in [6, 6.07) is 16.8. The molecule has 0 bridgehead atoms. The predicted octanol–water partition coefficient (Wildman–Crippen LogP) is 2.67. The Morgan fingerprint density at radius 3 is 2.40 bits per heavy atom. The van der Waals surface area contributed by atoms with Crippen molar-refractivity contribution in [3.05, 3.63) is 48.0 Å². The van der Waals surface area contributed by atoms with Gasteiger partial charge in [-0.2, -0.15) is 0 Å². The van der Waals surface area contributed by atoms with Crippen LogP contribution in [0.25, 0.3) is 10.8 Å². The second-order valence-electron chi connectivity index (χ2n) is 7.97. The number of hydrogen-bond acceptors (Lipinski definition) is 2. The van der Waals surface area contributed by atoms with Crippen molar-refractivity contribution in [1.29, 1.82) is 0 Å². The predicted molar refractivity (Wildman–Crippen MR) is 111 cm³/mol. The minimum atomic E-state index is -0.442. The summed E-state index contributed by atoms with van der Waals surface area (Å²) >= 11 is 0. The van der Waals surface area contributed by atoms with E-state index in [-0.39, 0.29) is 10.4 Å². The van der Waals surface area contributed by atoms with Crippen LogP contribution in [-0.4, -0.2) is 43.4 Å². The fraction of sp³-hybridized carbons (Fsp3) is 0.524. The monoisotopic (exact) mass is 370 g/mol. The normalized spacial score (nSPS) is 31.0. The number of fused-ring (bicyclic) bond motifs is 1. The third-order valence-electron chi connectivity index (χ3n) is 6.46. The highest BCUT2D eigenvalue weighted by Gasteiger charge is 2.50. The minimum absolute atomic E-state index is 0.0719. The van der Waals surface area contributed by atoms with Crippen molar-refractivity contribution in [3.63, 3.8) is 0 Å². The van der Waals surface area contributed by atoms with Gasteiger partial charge in [-0.25, -0.2) is 0 Å². The average Bonchev–Trinajstić information content (AvgIpc) is 2.67. The largest absolute Gasteiger partial charge is 0.377 e. The van der Waals surface area contributed by atoms with E-state index in [0.717, 1.165) is 23.5 Å². The Morgan fingerprint density at radius 2 is 1.64 bits per heavy atom. The second-order valence-corrected chi connectivity index (χ2v) is 11.7. The van der Waals surface area contributed by atoms with E-state index in [1.54, 1.807) is 0 Å². The quantitative estimate of drug-likeness (QED) is 0.771. The van der Waals surface area contributed by atoms with E-state index in [9.17, 15) is 0 Å². The van der Waals surface area contributed by atoms with Crippen molar-refractivity contribution in [2.45, 2.75) is 55.0 Å². The van der Waals surface area contributed by atoms with Crippen LogP contribution >= 0.6 is 0 Å². The van der Waals surface area contributed by atoms with Gasteiger partial charge in [-0.3, -0.25) is 0 Å². The van der Waals surface area contributed by atoms with Crippen molar-refractivity contribution in [1.82, 2.24) is 0 Å². The smallest absolute Gasteiger partial charge is 0.0764 e. The summed E-state index contributed by atoms with van der Waals surface area (Å²) in [7, 11) is 0.651. The molecule has 2 aromatic carbocycles. The van der Waals surface area contributed by atoms with Crippen LogP contribution in [0.4, 0.5) is 0 Å². The lowest BCUT2D eigenvalue weighted by Gasteiger charge is -2.52. The lowest BCUT2D eigenvalue weighted by Crippen LogP contribution is -2.64. The lowest BCUT2D eigenvalue weighted by molar-refractivity contribution is -0.159. The van der Waals surface area contributed by atoms with Crippen LogP contribution < -0.4 is 0 Å². The molecule has 2 saturated heterocycles. The SMILES string of the molecule is [SiH3]C1(C2([SiH2]Cc3cccc4ccccc34)CCCCO2)CCCCO1. The van der Waals surface area contributed by atoms with Crippen molar-refractivity contribution in [3.8, 4) is 0 Å². The van der Waals surface area contributed by atoms with Gasteiger partial charge in [-0.15, -0.1) is 0 Å².